The third kappa shape index (κ3) is 7.87. The molecule has 0 bridgehead atoms. The predicted octanol–water partition coefficient (Wildman–Crippen LogP) is 3.79. The van der Waals surface area contributed by atoms with Crippen molar-refractivity contribution in [2.24, 2.45) is 0 Å². The fourth-order valence-electron chi connectivity index (χ4n) is 3.91. The number of amides is 2. The minimum Gasteiger partial charge on any atom is -0.354 e. The maximum atomic E-state index is 13.6. The van der Waals surface area contributed by atoms with Crippen LogP contribution >= 0.6 is 0 Å². The Morgan fingerprint density at radius 3 is 2.15 bits per heavy atom. The molecule has 1 atom stereocenters. The highest BCUT2D eigenvalue weighted by atomic mass is 32.2. The highest BCUT2D eigenvalue weighted by molar-refractivity contribution is 7.92. The van der Waals surface area contributed by atoms with Gasteiger partial charge < -0.3 is 10.2 Å². The second kappa shape index (κ2) is 12.6. The molecule has 0 aliphatic heterocycles. The van der Waals surface area contributed by atoms with Gasteiger partial charge in [0.05, 0.1) is 11.9 Å². The van der Waals surface area contributed by atoms with Gasteiger partial charge in [0, 0.05) is 13.1 Å². The molecule has 0 spiro atoms. The molecule has 2 aromatic carbocycles. The lowest BCUT2D eigenvalue weighted by Gasteiger charge is -2.33. The molecule has 0 saturated carbocycles. The number of unbranched alkanes of at least 4 members (excludes halogenated alkanes) is 1. The Balaban J connectivity index is 2.40. The molecule has 0 aliphatic rings. The number of nitrogens with zero attached hydrogens (tertiary/aromatic N) is 2. The van der Waals surface area contributed by atoms with E-state index in [-0.39, 0.29) is 19.0 Å². The lowest BCUT2D eigenvalue weighted by molar-refractivity contribution is -0.140. The van der Waals surface area contributed by atoms with Gasteiger partial charge >= 0.3 is 0 Å². The van der Waals surface area contributed by atoms with Crippen LogP contribution in [0.1, 0.15) is 49.8 Å². The normalized spacial score (nSPS) is 12.1. The van der Waals surface area contributed by atoms with Gasteiger partial charge in [-0.15, -0.1) is 0 Å². The van der Waals surface area contributed by atoms with Crippen LogP contribution in [0, 0.1) is 13.8 Å². The van der Waals surface area contributed by atoms with Gasteiger partial charge in [0.2, 0.25) is 21.8 Å². The predicted molar refractivity (Wildman–Crippen MR) is 137 cm³/mol. The summed E-state index contributed by atoms with van der Waals surface area (Å²) in [5.41, 5.74) is 3.11. The Labute approximate surface area is 204 Å². The first-order valence-corrected chi connectivity index (χ1v) is 13.6. The molecule has 0 aliphatic carbocycles. The van der Waals surface area contributed by atoms with Gasteiger partial charge in [0.1, 0.15) is 12.6 Å². The number of sulfonamides is 1. The molecule has 2 rings (SSSR count). The second-order valence-corrected chi connectivity index (χ2v) is 10.6. The number of anilines is 1. The standard InChI is InChI=1S/C26H37N3O4S/c1-6-8-14-27-26(31)24(7-2)28(18-22-12-10-9-11-13-22)25(30)19-29(34(5,32)33)23-16-20(3)15-21(4)17-23/h9-13,15-17,24H,6-8,14,18-19H2,1-5H3,(H,27,31)/t24-/m0/s1. The molecule has 34 heavy (non-hydrogen) atoms. The number of carbonyl (C=O) groups is 2. The first-order chi connectivity index (χ1) is 16.1. The fraction of sp³-hybridized carbons (Fsp3) is 0.462. The van der Waals surface area contributed by atoms with Crippen LogP contribution in [0.4, 0.5) is 5.69 Å². The molecule has 1 N–H and O–H groups in total. The lowest BCUT2D eigenvalue weighted by Crippen LogP contribution is -2.52. The number of hydrogen-bond acceptors (Lipinski definition) is 4. The summed E-state index contributed by atoms with van der Waals surface area (Å²) in [7, 11) is -3.74. The number of hydrogen-bond donors (Lipinski definition) is 1. The van der Waals surface area contributed by atoms with E-state index in [2.05, 4.69) is 5.32 Å². The topological polar surface area (TPSA) is 86.8 Å². The molecule has 0 saturated heterocycles. The SMILES string of the molecule is CCCCNC(=O)[C@H](CC)N(Cc1ccccc1)C(=O)CN(c1cc(C)cc(C)c1)S(C)(=O)=O. The van der Waals surface area contributed by atoms with E-state index in [0.29, 0.717) is 18.7 Å². The lowest BCUT2D eigenvalue weighted by atomic mass is 10.1. The summed E-state index contributed by atoms with van der Waals surface area (Å²) in [6, 6.07) is 14.1. The van der Waals surface area contributed by atoms with Crippen LogP contribution in [0.25, 0.3) is 0 Å². The zero-order chi connectivity index (χ0) is 25.3. The number of benzene rings is 2. The van der Waals surface area contributed by atoms with Crippen molar-refractivity contribution in [1.29, 1.82) is 0 Å². The molecule has 0 aromatic heterocycles. The molecule has 0 fully saturated rings. The van der Waals surface area contributed by atoms with Crippen LogP contribution in [-0.2, 0) is 26.2 Å². The van der Waals surface area contributed by atoms with Crippen LogP contribution in [0.5, 0.6) is 0 Å². The summed E-state index contributed by atoms with van der Waals surface area (Å²) in [5, 5.41) is 2.92. The largest absolute Gasteiger partial charge is 0.354 e. The van der Waals surface area contributed by atoms with E-state index >= 15 is 0 Å². The van der Waals surface area contributed by atoms with Crippen molar-refractivity contribution in [1.82, 2.24) is 10.2 Å². The smallest absolute Gasteiger partial charge is 0.244 e. The van der Waals surface area contributed by atoms with Crippen molar-refractivity contribution >= 4 is 27.5 Å². The van der Waals surface area contributed by atoms with Crippen LogP contribution in [0.2, 0.25) is 0 Å². The van der Waals surface area contributed by atoms with Crippen molar-refractivity contribution in [3.05, 3.63) is 65.2 Å². The summed E-state index contributed by atoms with van der Waals surface area (Å²) in [4.78, 5) is 28.1. The van der Waals surface area contributed by atoms with Gasteiger partial charge in [-0.05, 0) is 55.5 Å². The minimum absolute atomic E-state index is 0.212. The van der Waals surface area contributed by atoms with Crippen molar-refractivity contribution in [2.75, 3.05) is 23.7 Å². The Morgan fingerprint density at radius 2 is 1.62 bits per heavy atom. The summed E-state index contributed by atoms with van der Waals surface area (Å²) >= 11 is 0. The van der Waals surface area contributed by atoms with Crippen molar-refractivity contribution in [2.45, 2.75) is 59.5 Å². The second-order valence-electron chi connectivity index (χ2n) is 8.69. The van der Waals surface area contributed by atoms with E-state index in [1.165, 1.54) is 4.90 Å². The molecule has 0 heterocycles. The van der Waals surface area contributed by atoms with Crippen LogP contribution in [0.3, 0.4) is 0 Å². The number of aryl methyl sites for hydroxylation is 2. The number of rotatable bonds is 12. The van der Waals surface area contributed by atoms with Crippen molar-refractivity contribution in [3.63, 3.8) is 0 Å². The fourth-order valence-corrected chi connectivity index (χ4v) is 4.75. The van der Waals surface area contributed by atoms with Gasteiger partial charge in [0.25, 0.3) is 0 Å². The van der Waals surface area contributed by atoms with E-state index < -0.39 is 22.0 Å². The Hall–Kier alpha value is -2.87. The highest BCUT2D eigenvalue weighted by Crippen LogP contribution is 2.22. The minimum atomic E-state index is -3.74. The van der Waals surface area contributed by atoms with Gasteiger partial charge in [0.15, 0.2) is 0 Å². The first-order valence-electron chi connectivity index (χ1n) is 11.7. The molecule has 2 amide bonds. The molecule has 0 unspecified atom stereocenters. The molecular formula is C26H37N3O4S. The average molecular weight is 488 g/mol. The summed E-state index contributed by atoms with van der Waals surface area (Å²) in [6.07, 6.45) is 3.31. The number of nitrogens with one attached hydrogen (secondary N) is 1. The third-order valence-corrected chi connectivity index (χ3v) is 6.73. The summed E-state index contributed by atoms with van der Waals surface area (Å²) < 4.78 is 26.5. The van der Waals surface area contributed by atoms with E-state index in [9.17, 15) is 18.0 Å². The monoisotopic (exact) mass is 487 g/mol. The molecule has 8 heteroatoms. The van der Waals surface area contributed by atoms with E-state index in [1.807, 2.05) is 64.1 Å². The summed E-state index contributed by atoms with van der Waals surface area (Å²) in [6.45, 7) is 8.03. The van der Waals surface area contributed by atoms with Crippen molar-refractivity contribution < 1.29 is 18.0 Å². The average Bonchev–Trinajstić information content (AvgIpc) is 2.76. The van der Waals surface area contributed by atoms with Gasteiger partial charge in [-0.1, -0.05) is 56.7 Å². The maximum Gasteiger partial charge on any atom is 0.244 e. The summed E-state index contributed by atoms with van der Waals surface area (Å²) in [5.74, 6) is -0.650. The first kappa shape index (κ1) is 27.4. The van der Waals surface area contributed by atoms with E-state index in [4.69, 9.17) is 0 Å². The maximum absolute atomic E-state index is 13.6. The van der Waals surface area contributed by atoms with E-state index in [1.54, 1.807) is 12.1 Å². The Morgan fingerprint density at radius 1 is 1.00 bits per heavy atom. The molecule has 2 aromatic rings. The van der Waals surface area contributed by atoms with Crippen LogP contribution in [-0.4, -0.2) is 50.5 Å². The van der Waals surface area contributed by atoms with Gasteiger partial charge in [-0.25, -0.2) is 8.42 Å². The zero-order valence-corrected chi connectivity index (χ0v) is 21.7. The van der Waals surface area contributed by atoms with Crippen LogP contribution in [0.15, 0.2) is 48.5 Å². The van der Waals surface area contributed by atoms with Crippen molar-refractivity contribution in [3.8, 4) is 0 Å². The Bertz CT molecular complexity index is 1050. The van der Waals surface area contributed by atoms with Gasteiger partial charge in [-0.2, -0.15) is 0 Å². The molecule has 7 nitrogen and oxygen atoms in total. The quantitative estimate of drug-likeness (QED) is 0.462. The molecular weight excluding hydrogens is 450 g/mol. The molecule has 0 radical (unpaired) electrons. The van der Waals surface area contributed by atoms with E-state index in [0.717, 1.165) is 40.1 Å². The highest BCUT2D eigenvalue weighted by Gasteiger charge is 2.31. The number of carbonyl (C=O) groups excluding carboxylic acids is 2. The third-order valence-electron chi connectivity index (χ3n) is 5.58. The zero-order valence-electron chi connectivity index (χ0n) is 20.9. The van der Waals surface area contributed by atoms with Gasteiger partial charge in [-0.3, -0.25) is 13.9 Å². The molecule has 186 valence electrons. The Kier molecular flexibility index (Phi) is 10.1. The van der Waals surface area contributed by atoms with Crippen LogP contribution < -0.4 is 9.62 Å².